The average molecular weight is 831 g/mol. The van der Waals surface area contributed by atoms with E-state index in [0.29, 0.717) is 70.2 Å². The molecule has 0 radical (unpaired) electrons. The van der Waals surface area contributed by atoms with Crippen LogP contribution in [0.15, 0.2) is 55.6 Å². The molecule has 12 nitrogen and oxygen atoms in total. The first-order chi connectivity index (χ1) is 25.4. The van der Waals surface area contributed by atoms with Crippen LogP contribution in [-0.4, -0.2) is 85.5 Å². The number of fused-ring (bicyclic) bond motifs is 11. The molecule has 0 spiro atoms. The van der Waals surface area contributed by atoms with Gasteiger partial charge in [-0.15, -0.1) is 0 Å². The van der Waals surface area contributed by atoms with Crippen LogP contribution < -0.4 is 31.2 Å². The SMILES string of the molecule is CCCCOCCOc1cc2c(=O)c3n[se]nc3c(=O)c2c2c1ccc1ccc3c(OCCOCCCC)cc4c(=O)c5n[se]nc5c(=O)c4c3c12. The topological polar surface area (TPSA) is 157 Å². The first-order valence-electron chi connectivity index (χ1n) is 17.2. The van der Waals surface area contributed by atoms with Crippen LogP contribution in [-0.2, 0) is 9.47 Å². The summed E-state index contributed by atoms with van der Waals surface area (Å²) in [7, 11) is 0. The van der Waals surface area contributed by atoms with E-state index in [0.717, 1.165) is 25.7 Å². The van der Waals surface area contributed by atoms with Gasteiger partial charge in [0.2, 0.25) is 0 Å². The fourth-order valence-electron chi connectivity index (χ4n) is 6.83. The second kappa shape index (κ2) is 14.5. The van der Waals surface area contributed by atoms with Crippen LogP contribution in [0.4, 0.5) is 0 Å². The van der Waals surface area contributed by atoms with Gasteiger partial charge in [-0.05, 0) is 0 Å². The Balaban J connectivity index is 1.49. The Morgan fingerprint density at radius 2 is 0.904 bits per heavy atom. The van der Waals surface area contributed by atoms with Crippen molar-refractivity contribution >= 4 is 106 Å². The number of aromatic nitrogens is 4. The van der Waals surface area contributed by atoms with Crippen LogP contribution in [0.3, 0.4) is 0 Å². The van der Waals surface area contributed by atoms with Gasteiger partial charge in [-0.1, -0.05) is 26.7 Å². The van der Waals surface area contributed by atoms with Gasteiger partial charge in [0.25, 0.3) is 0 Å². The van der Waals surface area contributed by atoms with E-state index in [4.69, 9.17) is 18.9 Å². The summed E-state index contributed by atoms with van der Waals surface area (Å²) >= 11 is -1.25. The van der Waals surface area contributed by atoms with Gasteiger partial charge in [-0.3, -0.25) is 0 Å². The van der Waals surface area contributed by atoms with Crippen molar-refractivity contribution in [2.75, 3.05) is 39.6 Å². The molecule has 8 aromatic rings. The summed E-state index contributed by atoms with van der Waals surface area (Å²) < 4.78 is 41.4. The molecule has 8 rings (SSSR count). The minimum atomic E-state index is -0.626. The molecule has 0 fully saturated rings. The van der Waals surface area contributed by atoms with Crippen molar-refractivity contribution in [3.8, 4) is 11.5 Å². The Hall–Kier alpha value is -4.42. The summed E-state index contributed by atoms with van der Waals surface area (Å²) in [5.74, 6) is 0.755. The quantitative estimate of drug-likeness (QED) is 0.0878. The van der Waals surface area contributed by atoms with Gasteiger partial charge in [0.05, 0.1) is 0 Å². The average Bonchev–Trinajstić information content (AvgIpc) is 3.86. The maximum absolute atomic E-state index is 14.4. The molecule has 2 heterocycles. The zero-order chi connectivity index (χ0) is 35.9. The van der Waals surface area contributed by atoms with Crippen LogP contribution >= 0.6 is 0 Å². The van der Waals surface area contributed by atoms with Crippen molar-refractivity contribution in [2.24, 2.45) is 0 Å². The number of rotatable bonds is 14. The van der Waals surface area contributed by atoms with Crippen LogP contribution in [0, 0.1) is 0 Å². The molecule has 0 bridgehead atoms. The number of hydrogen-bond acceptors (Lipinski definition) is 12. The summed E-state index contributed by atoms with van der Waals surface area (Å²) in [5, 5.41) is 3.73. The Kier molecular flexibility index (Phi) is 9.69. The fraction of sp³-hybridized carbons (Fsp3) is 0.316. The van der Waals surface area contributed by atoms with Crippen molar-refractivity contribution in [1.29, 1.82) is 0 Å². The van der Waals surface area contributed by atoms with E-state index >= 15 is 0 Å². The molecule has 0 aliphatic rings. The van der Waals surface area contributed by atoms with Crippen LogP contribution in [0.25, 0.3) is 75.9 Å². The number of ether oxygens (including phenoxy) is 4. The first kappa shape index (κ1) is 34.7. The summed E-state index contributed by atoms with van der Waals surface area (Å²) in [4.78, 5) is 56.8. The second-order valence-corrected chi connectivity index (χ2v) is 14.8. The Morgan fingerprint density at radius 3 is 1.33 bits per heavy atom. The van der Waals surface area contributed by atoms with E-state index < -0.39 is 51.6 Å². The van der Waals surface area contributed by atoms with Crippen LogP contribution in [0.2, 0.25) is 0 Å². The van der Waals surface area contributed by atoms with E-state index in [1.54, 1.807) is 12.1 Å². The molecule has 0 unspecified atom stereocenters. The molecule has 0 saturated carbocycles. The number of nitrogens with zero attached hydrogens (tertiary/aromatic N) is 4. The van der Waals surface area contributed by atoms with Gasteiger partial charge in [0.1, 0.15) is 0 Å². The molecule has 0 atom stereocenters. The van der Waals surface area contributed by atoms with E-state index in [2.05, 4.69) is 29.8 Å². The van der Waals surface area contributed by atoms with E-state index in [1.165, 1.54) is 0 Å². The maximum atomic E-state index is 14.4. The molecule has 0 N–H and O–H groups in total. The molecule has 0 amide bonds. The fourth-order valence-corrected chi connectivity index (χ4v) is 9.11. The molecular weight excluding hydrogens is 798 g/mol. The molecule has 2 aromatic heterocycles. The minimum absolute atomic E-state index is 0.0396. The van der Waals surface area contributed by atoms with Crippen molar-refractivity contribution in [1.82, 2.24) is 15.9 Å². The Morgan fingerprint density at radius 1 is 0.481 bits per heavy atom. The Labute approximate surface area is 307 Å². The van der Waals surface area contributed by atoms with Crippen molar-refractivity contribution in [3.63, 3.8) is 0 Å². The molecule has 52 heavy (non-hydrogen) atoms. The normalized spacial score (nSPS) is 12.1. The number of hydrogen-bond donors (Lipinski definition) is 0. The third-order valence-electron chi connectivity index (χ3n) is 9.34. The first-order valence-corrected chi connectivity index (χ1v) is 20.3. The second-order valence-electron chi connectivity index (χ2n) is 12.5. The Bertz CT molecular complexity index is 2710. The molecular formula is C38H32N4O8Se2. The van der Waals surface area contributed by atoms with E-state index in [9.17, 15) is 19.2 Å². The van der Waals surface area contributed by atoms with Gasteiger partial charge in [-0.25, -0.2) is 0 Å². The van der Waals surface area contributed by atoms with Crippen molar-refractivity contribution in [3.05, 3.63) is 77.3 Å². The number of unbranched alkanes of at least 4 members (excludes halogenated alkanes) is 2. The molecule has 0 aliphatic carbocycles. The van der Waals surface area contributed by atoms with Gasteiger partial charge in [0.15, 0.2) is 0 Å². The van der Waals surface area contributed by atoms with Crippen LogP contribution in [0.5, 0.6) is 11.5 Å². The zero-order valence-corrected chi connectivity index (χ0v) is 31.8. The van der Waals surface area contributed by atoms with Gasteiger partial charge in [-0.2, -0.15) is 0 Å². The summed E-state index contributed by atoms with van der Waals surface area (Å²) in [6.45, 7) is 6.44. The monoisotopic (exact) mass is 832 g/mol. The number of benzene rings is 6. The van der Waals surface area contributed by atoms with Gasteiger partial charge < -0.3 is 0 Å². The van der Waals surface area contributed by atoms with Gasteiger partial charge >= 0.3 is 282 Å². The van der Waals surface area contributed by atoms with Crippen LogP contribution in [0.1, 0.15) is 39.5 Å². The third-order valence-corrected chi connectivity index (χ3v) is 11.6. The van der Waals surface area contributed by atoms with Gasteiger partial charge in [0, 0.05) is 0 Å². The third kappa shape index (κ3) is 5.74. The standard InChI is InChI=1S/C38H32N4O8Se2/c1-3-5-11-47-13-15-49-24-17-22-29(37(45)33-31(35(22)43)39-51-41-33)27-20(24)9-7-19-8-10-21-25(50-16-14-48-12-6-4-2)18-23-30(28(21)26(19)27)38(46)34-32(36(23)44)40-52-42-34/h7-10,17-18H,3-6,11-16H2,1-2H3. The molecule has 0 saturated heterocycles. The molecule has 264 valence electrons. The predicted octanol–water partition coefficient (Wildman–Crippen LogP) is 4.16. The van der Waals surface area contributed by atoms with E-state index in [-0.39, 0.29) is 56.8 Å². The molecule has 0 aliphatic heterocycles. The predicted molar refractivity (Wildman–Crippen MR) is 204 cm³/mol. The summed E-state index contributed by atoms with van der Waals surface area (Å²) in [6.07, 6.45) is 3.86. The van der Waals surface area contributed by atoms with E-state index in [1.807, 2.05) is 24.3 Å². The molecule has 14 heteroatoms. The zero-order valence-electron chi connectivity index (χ0n) is 28.4. The molecule has 6 aromatic carbocycles. The summed E-state index contributed by atoms with van der Waals surface area (Å²) in [6, 6.07) is 10.7. The van der Waals surface area contributed by atoms with Crippen molar-refractivity contribution in [2.45, 2.75) is 39.5 Å². The summed E-state index contributed by atoms with van der Waals surface area (Å²) in [5.41, 5.74) is -1.50. The van der Waals surface area contributed by atoms with Crippen molar-refractivity contribution < 1.29 is 18.9 Å².